The average Bonchev–Trinajstić information content (AvgIpc) is 3.46. The van der Waals surface area contributed by atoms with Crippen LogP contribution in [-0.2, 0) is 24.6 Å². The molecule has 4 aromatic carbocycles. The van der Waals surface area contributed by atoms with Gasteiger partial charge in [0.05, 0.1) is 28.9 Å². The number of likely N-dealkylation sites (tertiary alicyclic amines) is 1. The van der Waals surface area contributed by atoms with E-state index in [4.69, 9.17) is 0 Å². The van der Waals surface area contributed by atoms with Gasteiger partial charge in [0.15, 0.2) is 0 Å². The minimum atomic E-state index is -1.44. The molecule has 4 amide bonds. The van der Waals surface area contributed by atoms with Gasteiger partial charge in [0, 0.05) is 18.0 Å². The second-order valence-electron chi connectivity index (χ2n) is 13.2. The van der Waals surface area contributed by atoms with E-state index in [0.717, 1.165) is 26.9 Å². The zero-order valence-corrected chi connectivity index (χ0v) is 26.2. The van der Waals surface area contributed by atoms with Crippen molar-refractivity contribution in [1.82, 2.24) is 9.91 Å². The molecule has 4 aliphatic rings. The van der Waals surface area contributed by atoms with E-state index < -0.39 is 46.8 Å². The Labute approximate surface area is 272 Å². The predicted molar refractivity (Wildman–Crippen MR) is 177 cm³/mol. The minimum absolute atomic E-state index is 0.0145. The van der Waals surface area contributed by atoms with Gasteiger partial charge in [-0.2, -0.15) is 5.01 Å². The average molecular weight is 626 g/mol. The van der Waals surface area contributed by atoms with Gasteiger partial charge in [-0.1, -0.05) is 90.0 Å². The predicted octanol–water partition coefficient (Wildman–Crippen LogP) is 5.86. The number of hydrazine groups is 1. The van der Waals surface area contributed by atoms with Crippen molar-refractivity contribution in [1.29, 1.82) is 0 Å². The van der Waals surface area contributed by atoms with E-state index >= 15 is 4.79 Å². The molecule has 1 saturated carbocycles. The number of phenolic OH excluding ortho intramolecular Hbond substituents is 1. The molecule has 2 aliphatic carbocycles. The molecule has 2 aliphatic heterocycles. The van der Waals surface area contributed by atoms with Gasteiger partial charge >= 0.3 is 0 Å². The summed E-state index contributed by atoms with van der Waals surface area (Å²) in [6, 6.07) is 28.1. The van der Waals surface area contributed by atoms with Gasteiger partial charge in [-0.05, 0) is 67.1 Å². The van der Waals surface area contributed by atoms with Gasteiger partial charge in [0.25, 0.3) is 11.8 Å². The highest BCUT2D eigenvalue weighted by molar-refractivity contribution is 6.13. The molecule has 2 heterocycles. The molecule has 6 atom stereocenters. The van der Waals surface area contributed by atoms with Crippen molar-refractivity contribution in [2.24, 2.45) is 23.7 Å². The molecule has 8 nitrogen and oxygen atoms in total. The first-order valence-electron chi connectivity index (χ1n) is 16.3. The summed E-state index contributed by atoms with van der Waals surface area (Å²) < 4.78 is 0. The summed E-state index contributed by atoms with van der Waals surface area (Å²) in [7, 11) is 0. The smallest absolute Gasteiger partial charge is 0.260 e. The van der Waals surface area contributed by atoms with Crippen LogP contribution in [0, 0.1) is 30.6 Å². The molecular weight excluding hydrogens is 590 g/mol. The van der Waals surface area contributed by atoms with Crippen molar-refractivity contribution in [3.63, 3.8) is 0 Å². The lowest BCUT2D eigenvalue weighted by Crippen LogP contribution is -2.53. The number of allylic oxidation sites excluding steroid dienone is 2. The normalized spacial score (nSPS) is 28.3. The first-order chi connectivity index (χ1) is 22.8. The number of phenols is 1. The maximum atomic E-state index is 15.3. The van der Waals surface area contributed by atoms with Crippen molar-refractivity contribution >= 4 is 40.1 Å². The second kappa shape index (κ2) is 10.7. The summed E-state index contributed by atoms with van der Waals surface area (Å²) in [5.74, 6) is -4.50. The third kappa shape index (κ3) is 4.00. The Morgan fingerprint density at radius 2 is 1.55 bits per heavy atom. The van der Waals surface area contributed by atoms with Crippen molar-refractivity contribution in [2.45, 2.75) is 38.0 Å². The Morgan fingerprint density at radius 1 is 0.830 bits per heavy atom. The molecule has 0 unspecified atom stereocenters. The molecule has 2 N–H and O–H groups in total. The molecule has 0 radical (unpaired) electrons. The maximum Gasteiger partial charge on any atom is 0.260 e. The fraction of sp³-hybridized carbons (Fsp3) is 0.282. The number of hydrogen-bond donors (Lipinski definition) is 2. The van der Waals surface area contributed by atoms with Crippen LogP contribution in [0.1, 0.15) is 42.4 Å². The van der Waals surface area contributed by atoms with Gasteiger partial charge in [-0.3, -0.25) is 29.5 Å². The van der Waals surface area contributed by atoms with E-state index in [1.165, 1.54) is 4.90 Å². The van der Waals surface area contributed by atoms with Crippen LogP contribution in [0.15, 0.2) is 103 Å². The standard InChI is InChI=1S/C39H35N3O5/c1-3-41-35(44)28-19-18-27-29(32(28)37(41)46)21-30-36(45)42(40-25-16-13-22(2)14-17-25)38(47)39(30,24-10-5-4-6-11-24)34(27)33-26-12-8-7-9-23(26)15-20-31(33)43/h4-18,20,28-30,32,34,40,43H,3,19,21H2,1-2H3/t28-,29+,30-,32-,34+,39+/m0/s1. The zero-order valence-electron chi connectivity index (χ0n) is 26.2. The van der Waals surface area contributed by atoms with E-state index in [1.807, 2.05) is 97.9 Å². The van der Waals surface area contributed by atoms with Crippen LogP contribution in [0.5, 0.6) is 5.75 Å². The summed E-state index contributed by atoms with van der Waals surface area (Å²) in [6.07, 6.45) is 2.59. The number of aryl methyl sites for hydroxylation is 1. The molecule has 0 bridgehead atoms. The summed E-state index contributed by atoms with van der Waals surface area (Å²) in [4.78, 5) is 58.8. The van der Waals surface area contributed by atoms with Crippen molar-refractivity contribution < 1.29 is 24.3 Å². The van der Waals surface area contributed by atoms with Crippen molar-refractivity contribution in [2.75, 3.05) is 12.0 Å². The van der Waals surface area contributed by atoms with E-state index in [1.54, 1.807) is 13.0 Å². The monoisotopic (exact) mass is 625 g/mol. The third-order valence-electron chi connectivity index (χ3n) is 11.0. The fourth-order valence-corrected chi connectivity index (χ4v) is 9.03. The Balaban J connectivity index is 1.41. The maximum absolute atomic E-state index is 15.3. The number of nitrogens with zero attached hydrogens (tertiary/aromatic N) is 2. The third-order valence-corrected chi connectivity index (χ3v) is 11.0. The molecule has 8 rings (SSSR count). The topological polar surface area (TPSA) is 107 Å². The highest BCUT2D eigenvalue weighted by Crippen LogP contribution is 2.65. The van der Waals surface area contributed by atoms with E-state index in [-0.39, 0.29) is 30.5 Å². The number of rotatable bonds is 5. The van der Waals surface area contributed by atoms with E-state index in [9.17, 15) is 19.5 Å². The van der Waals surface area contributed by atoms with Crippen LogP contribution in [0.2, 0.25) is 0 Å². The Bertz CT molecular complexity index is 2000. The summed E-state index contributed by atoms with van der Waals surface area (Å²) in [5.41, 5.74) is 5.36. The van der Waals surface area contributed by atoms with Crippen LogP contribution >= 0.6 is 0 Å². The van der Waals surface area contributed by atoms with Crippen molar-refractivity contribution in [3.8, 4) is 5.75 Å². The lowest BCUT2D eigenvalue weighted by Gasteiger charge is -2.51. The molecule has 0 spiro atoms. The van der Waals surface area contributed by atoms with Crippen LogP contribution in [0.3, 0.4) is 0 Å². The number of amides is 4. The van der Waals surface area contributed by atoms with Gasteiger partial charge in [0.1, 0.15) is 5.75 Å². The number of anilines is 1. The molecule has 236 valence electrons. The number of imide groups is 2. The number of carbonyl (C=O) groups is 4. The van der Waals surface area contributed by atoms with Gasteiger partial charge in [0.2, 0.25) is 11.8 Å². The van der Waals surface area contributed by atoms with Crippen LogP contribution in [0.25, 0.3) is 10.8 Å². The largest absolute Gasteiger partial charge is 0.508 e. The summed E-state index contributed by atoms with van der Waals surface area (Å²) in [5, 5.41) is 14.6. The first-order valence-corrected chi connectivity index (χ1v) is 16.3. The minimum Gasteiger partial charge on any atom is -0.508 e. The zero-order chi connectivity index (χ0) is 32.6. The molecule has 4 aromatic rings. The number of fused-ring (bicyclic) bond motifs is 5. The molecule has 8 heteroatoms. The molecule has 3 fully saturated rings. The molecule has 47 heavy (non-hydrogen) atoms. The summed E-state index contributed by atoms with van der Waals surface area (Å²) in [6.45, 7) is 4.05. The quantitative estimate of drug-likeness (QED) is 0.213. The first kappa shape index (κ1) is 29.2. The van der Waals surface area contributed by atoms with Gasteiger partial charge < -0.3 is 5.11 Å². The van der Waals surface area contributed by atoms with Gasteiger partial charge in [-0.15, -0.1) is 0 Å². The number of benzene rings is 4. The lowest BCUT2D eigenvalue weighted by atomic mass is 9.48. The van der Waals surface area contributed by atoms with Crippen LogP contribution < -0.4 is 5.43 Å². The van der Waals surface area contributed by atoms with Gasteiger partial charge in [-0.25, -0.2) is 0 Å². The fourth-order valence-electron chi connectivity index (χ4n) is 9.03. The molecule has 0 aromatic heterocycles. The van der Waals surface area contributed by atoms with Crippen molar-refractivity contribution in [3.05, 3.63) is 119 Å². The highest BCUT2D eigenvalue weighted by Gasteiger charge is 2.70. The summed E-state index contributed by atoms with van der Waals surface area (Å²) >= 11 is 0. The second-order valence-corrected chi connectivity index (χ2v) is 13.2. The van der Waals surface area contributed by atoms with E-state index in [0.29, 0.717) is 23.2 Å². The molecule has 2 saturated heterocycles. The number of hydrogen-bond acceptors (Lipinski definition) is 6. The number of carbonyl (C=O) groups excluding carboxylic acids is 4. The Kier molecular flexibility index (Phi) is 6.62. The molecular formula is C39H35N3O5. The van der Waals surface area contributed by atoms with Crippen LogP contribution in [-0.4, -0.2) is 45.2 Å². The van der Waals surface area contributed by atoms with E-state index in [2.05, 4.69) is 5.43 Å². The SMILES string of the molecule is CCN1C(=O)[C@H]2[C@H](CC=C3[C@H]2C[C@H]2C(=O)N(Nc4ccc(C)cc4)C(=O)[C@@]2(c2ccccc2)[C@H]3c2c(O)ccc3ccccc23)C1=O. The Morgan fingerprint density at radius 3 is 2.30 bits per heavy atom. The van der Waals surface area contributed by atoms with Crippen LogP contribution in [0.4, 0.5) is 5.69 Å². The highest BCUT2D eigenvalue weighted by atomic mass is 16.3. The Hall–Kier alpha value is -5.24. The number of nitrogens with one attached hydrogen (secondary N) is 1. The number of aromatic hydroxyl groups is 1. The lowest BCUT2D eigenvalue weighted by molar-refractivity contribution is -0.141.